The fourth-order valence-corrected chi connectivity index (χ4v) is 1.96. The van der Waals surface area contributed by atoms with Crippen molar-refractivity contribution in [1.82, 2.24) is 15.0 Å². The highest BCUT2D eigenvalue weighted by Crippen LogP contribution is 2.30. The first-order valence-corrected chi connectivity index (χ1v) is 6.97. The molecule has 2 aromatic heterocycles. The van der Waals surface area contributed by atoms with E-state index in [0.29, 0.717) is 5.69 Å². The molecule has 24 heavy (non-hydrogen) atoms. The monoisotopic (exact) mass is 323 g/mol. The van der Waals surface area contributed by atoms with Gasteiger partial charge in [-0.15, -0.1) is 0 Å². The third-order valence-electron chi connectivity index (χ3n) is 3.05. The van der Waals surface area contributed by atoms with Gasteiger partial charge in [-0.05, 0) is 24.3 Å². The maximum atomic E-state index is 11.4. The van der Waals surface area contributed by atoms with E-state index >= 15 is 0 Å². The summed E-state index contributed by atoms with van der Waals surface area (Å²) in [6, 6.07) is 12.5. The van der Waals surface area contributed by atoms with Crippen LogP contribution in [0.3, 0.4) is 0 Å². The molecule has 3 rings (SSSR count). The summed E-state index contributed by atoms with van der Waals surface area (Å²) in [5.74, 6) is 0.133. The second-order valence-electron chi connectivity index (χ2n) is 4.65. The van der Waals surface area contributed by atoms with Crippen LogP contribution < -0.4 is 16.2 Å². The molecule has 3 aromatic rings. The molecule has 9 nitrogen and oxygen atoms in total. The molecule has 0 amide bonds. The zero-order valence-corrected chi connectivity index (χ0v) is 12.4. The van der Waals surface area contributed by atoms with Gasteiger partial charge in [0, 0.05) is 18.1 Å². The van der Waals surface area contributed by atoms with Gasteiger partial charge in [0.1, 0.15) is 6.33 Å². The first kappa shape index (κ1) is 15.2. The highest BCUT2D eigenvalue weighted by atomic mass is 16.6. The number of aromatic nitrogens is 3. The van der Waals surface area contributed by atoms with Gasteiger partial charge in [-0.3, -0.25) is 25.9 Å². The first-order chi connectivity index (χ1) is 11.7. The Morgan fingerprint density at radius 1 is 0.875 bits per heavy atom. The van der Waals surface area contributed by atoms with Crippen molar-refractivity contribution in [3.63, 3.8) is 0 Å². The van der Waals surface area contributed by atoms with Crippen LogP contribution in [0.1, 0.15) is 0 Å². The van der Waals surface area contributed by atoms with Crippen molar-refractivity contribution in [1.29, 1.82) is 0 Å². The molecule has 0 radical (unpaired) electrons. The Bertz CT molecular complexity index is 828. The largest absolute Gasteiger partial charge is 0.355 e. The van der Waals surface area contributed by atoms with Crippen molar-refractivity contribution in [2.24, 2.45) is 0 Å². The maximum absolute atomic E-state index is 11.4. The molecule has 0 aliphatic rings. The molecule has 1 aromatic carbocycles. The lowest BCUT2D eigenvalue weighted by Crippen LogP contribution is -2.13. The van der Waals surface area contributed by atoms with Gasteiger partial charge in [0.05, 0.1) is 10.6 Å². The molecule has 0 saturated heterocycles. The summed E-state index contributed by atoms with van der Waals surface area (Å²) < 4.78 is 0. The number of nitrogens with zero attached hydrogens (tertiary/aromatic N) is 4. The second-order valence-corrected chi connectivity index (χ2v) is 4.65. The Hall–Kier alpha value is -3.75. The summed E-state index contributed by atoms with van der Waals surface area (Å²) in [4.78, 5) is 22.7. The van der Waals surface area contributed by atoms with E-state index in [1.165, 1.54) is 6.33 Å². The van der Waals surface area contributed by atoms with E-state index in [0.717, 1.165) is 5.69 Å². The summed E-state index contributed by atoms with van der Waals surface area (Å²) in [5.41, 5.74) is 6.72. The molecule has 0 fully saturated rings. The van der Waals surface area contributed by atoms with Crippen molar-refractivity contribution < 1.29 is 4.92 Å². The second kappa shape index (κ2) is 7.01. The number of hydrazine groups is 1. The number of hydrogen-bond donors (Lipinski definition) is 3. The quantitative estimate of drug-likeness (QED) is 0.468. The average molecular weight is 323 g/mol. The lowest BCUT2D eigenvalue weighted by Gasteiger charge is -2.11. The van der Waals surface area contributed by atoms with Gasteiger partial charge in [0.25, 0.3) is 0 Å². The molecule has 2 heterocycles. The van der Waals surface area contributed by atoms with Crippen molar-refractivity contribution in [3.05, 3.63) is 71.3 Å². The van der Waals surface area contributed by atoms with Crippen LogP contribution in [0, 0.1) is 10.1 Å². The Morgan fingerprint density at radius 2 is 1.58 bits per heavy atom. The van der Waals surface area contributed by atoms with Gasteiger partial charge in [-0.2, -0.15) is 0 Å². The topological polar surface area (TPSA) is 118 Å². The summed E-state index contributed by atoms with van der Waals surface area (Å²) >= 11 is 0. The number of para-hydroxylation sites is 1. The summed E-state index contributed by atoms with van der Waals surface area (Å²) in [6.45, 7) is 0. The molecule has 0 aliphatic carbocycles. The van der Waals surface area contributed by atoms with E-state index in [1.54, 1.807) is 24.5 Å². The van der Waals surface area contributed by atoms with Crippen LogP contribution in [0.2, 0.25) is 0 Å². The molecule has 0 unspecified atom stereocenters. The van der Waals surface area contributed by atoms with E-state index in [4.69, 9.17) is 0 Å². The molecular weight excluding hydrogens is 310 g/mol. The van der Waals surface area contributed by atoms with Crippen LogP contribution in [0.4, 0.5) is 28.7 Å². The number of hydrogen-bond acceptors (Lipinski definition) is 8. The zero-order valence-electron chi connectivity index (χ0n) is 12.4. The van der Waals surface area contributed by atoms with Gasteiger partial charge in [0.2, 0.25) is 11.6 Å². The molecule has 9 heteroatoms. The van der Waals surface area contributed by atoms with Crippen molar-refractivity contribution in [2.45, 2.75) is 0 Å². The Kier molecular flexibility index (Phi) is 4.43. The predicted molar refractivity (Wildman–Crippen MR) is 89.9 cm³/mol. The van der Waals surface area contributed by atoms with E-state index in [9.17, 15) is 10.1 Å². The van der Waals surface area contributed by atoms with Gasteiger partial charge in [0.15, 0.2) is 0 Å². The zero-order chi connectivity index (χ0) is 16.8. The van der Waals surface area contributed by atoms with E-state index in [1.807, 2.05) is 30.3 Å². The third-order valence-corrected chi connectivity index (χ3v) is 3.05. The number of rotatable bonds is 6. The summed E-state index contributed by atoms with van der Waals surface area (Å²) in [7, 11) is 0. The lowest BCUT2D eigenvalue weighted by molar-refractivity contribution is -0.383. The van der Waals surface area contributed by atoms with E-state index in [2.05, 4.69) is 31.1 Å². The van der Waals surface area contributed by atoms with Crippen molar-refractivity contribution >= 4 is 28.7 Å². The summed E-state index contributed by atoms with van der Waals surface area (Å²) in [5, 5.41) is 14.3. The normalized spacial score (nSPS) is 10.0. The van der Waals surface area contributed by atoms with Crippen LogP contribution in [0.25, 0.3) is 0 Å². The lowest BCUT2D eigenvalue weighted by atomic mass is 10.3. The maximum Gasteiger partial charge on any atom is 0.355 e. The molecule has 0 atom stereocenters. The highest BCUT2D eigenvalue weighted by molar-refractivity contribution is 5.74. The van der Waals surface area contributed by atoms with Crippen LogP contribution >= 0.6 is 0 Å². The Balaban J connectivity index is 1.86. The minimum Gasteiger partial charge on any atom is -0.334 e. The molecule has 120 valence electrons. The predicted octanol–water partition coefficient (Wildman–Crippen LogP) is 2.96. The van der Waals surface area contributed by atoms with Crippen molar-refractivity contribution in [3.8, 4) is 0 Å². The number of nitrogens with one attached hydrogen (secondary N) is 3. The van der Waals surface area contributed by atoms with Crippen LogP contribution in [-0.4, -0.2) is 19.9 Å². The average Bonchev–Trinajstić information content (AvgIpc) is 2.61. The Morgan fingerprint density at radius 3 is 2.29 bits per heavy atom. The van der Waals surface area contributed by atoms with Crippen molar-refractivity contribution in [2.75, 3.05) is 16.2 Å². The Labute approximate surface area is 136 Å². The third kappa shape index (κ3) is 3.53. The smallest absolute Gasteiger partial charge is 0.334 e. The minimum atomic E-state index is -0.543. The van der Waals surface area contributed by atoms with Crippen LogP contribution in [0.15, 0.2) is 61.2 Å². The SMILES string of the molecule is O=[N+]([O-])c1c(NNc2ccccc2)ncnc1Nc1ccncc1. The van der Waals surface area contributed by atoms with E-state index < -0.39 is 4.92 Å². The van der Waals surface area contributed by atoms with E-state index in [-0.39, 0.29) is 17.3 Å². The molecular formula is C15H13N7O2. The fraction of sp³-hybridized carbons (Fsp3) is 0. The minimum absolute atomic E-state index is 0.0513. The molecule has 0 aliphatic heterocycles. The number of anilines is 4. The first-order valence-electron chi connectivity index (χ1n) is 6.97. The van der Waals surface area contributed by atoms with Gasteiger partial charge >= 0.3 is 5.69 Å². The summed E-state index contributed by atoms with van der Waals surface area (Å²) in [6.07, 6.45) is 4.39. The van der Waals surface area contributed by atoms with Gasteiger partial charge in [-0.25, -0.2) is 9.97 Å². The number of benzene rings is 1. The molecule has 0 bridgehead atoms. The highest BCUT2D eigenvalue weighted by Gasteiger charge is 2.23. The van der Waals surface area contributed by atoms with Gasteiger partial charge in [-0.1, -0.05) is 18.2 Å². The molecule has 0 spiro atoms. The standard InChI is InChI=1S/C15H13N7O2/c23-22(24)13-14(19-11-6-8-16-9-7-11)17-10-18-15(13)21-20-12-4-2-1-3-5-12/h1-10,20H,(H2,16,17,18,19,21). The number of pyridine rings is 1. The fourth-order valence-electron chi connectivity index (χ4n) is 1.96. The van der Waals surface area contributed by atoms with Crippen LogP contribution in [0.5, 0.6) is 0 Å². The molecule has 3 N–H and O–H groups in total. The van der Waals surface area contributed by atoms with Crippen LogP contribution in [-0.2, 0) is 0 Å². The van der Waals surface area contributed by atoms with Gasteiger partial charge < -0.3 is 5.32 Å². The molecule has 0 saturated carbocycles. The number of nitro groups is 1.